The zero-order chi connectivity index (χ0) is 13.8. The highest BCUT2D eigenvalue weighted by molar-refractivity contribution is 7.89. The fraction of sp³-hybridized carbons (Fsp3) is 0.400. The van der Waals surface area contributed by atoms with Gasteiger partial charge in [-0.05, 0) is 18.2 Å². The van der Waals surface area contributed by atoms with Crippen molar-refractivity contribution >= 4 is 15.7 Å². The van der Waals surface area contributed by atoms with E-state index < -0.39 is 33.9 Å². The summed E-state index contributed by atoms with van der Waals surface area (Å²) in [5.41, 5.74) is 5.54. The van der Waals surface area contributed by atoms with Gasteiger partial charge < -0.3 is 15.9 Å². The molecular weight excluding hydrogens is 263 g/mol. The molecule has 0 heterocycles. The van der Waals surface area contributed by atoms with Crippen molar-refractivity contribution in [3.63, 3.8) is 0 Å². The monoisotopic (exact) mass is 278 g/mol. The van der Waals surface area contributed by atoms with Crippen molar-refractivity contribution in [2.45, 2.75) is 4.90 Å². The lowest BCUT2D eigenvalue weighted by atomic mass is 10.3. The van der Waals surface area contributed by atoms with Gasteiger partial charge in [-0.25, -0.2) is 12.8 Å². The number of nitrogen functional groups attached to an aromatic ring is 1. The van der Waals surface area contributed by atoms with Crippen LogP contribution in [0.3, 0.4) is 0 Å². The maximum atomic E-state index is 13.5. The van der Waals surface area contributed by atoms with Gasteiger partial charge in [-0.1, -0.05) is 0 Å². The van der Waals surface area contributed by atoms with E-state index in [0.29, 0.717) is 0 Å². The minimum Gasteiger partial charge on any atom is -0.399 e. The highest BCUT2D eigenvalue weighted by atomic mass is 32.2. The van der Waals surface area contributed by atoms with Crippen molar-refractivity contribution in [1.29, 1.82) is 0 Å². The zero-order valence-corrected chi connectivity index (χ0v) is 10.4. The Kier molecular flexibility index (Phi) is 5.03. The first-order valence-electron chi connectivity index (χ1n) is 5.20. The van der Waals surface area contributed by atoms with E-state index in [4.69, 9.17) is 15.9 Å². The van der Waals surface area contributed by atoms with E-state index >= 15 is 0 Å². The molecular formula is C10H15FN2O4S. The summed E-state index contributed by atoms with van der Waals surface area (Å²) in [4.78, 5) is -0.565. The van der Waals surface area contributed by atoms with Crippen LogP contribution in [0.4, 0.5) is 10.1 Å². The number of halogens is 1. The molecule has 1 rings (SSSR count). The third-order valence-corrected chi connectivity index (χ3v) is 4.19. The van der Waals surface area contributed by atoms with Gasteiger partial charge in [0, 0.05) is 18.8 Å². The van der Waals surface area contributed by atoms with Crippen LogP contribution >= 0.6 is 0 Å². The predicted molar refractivity (Wildman–Crippen MR) is 63.7 cm³/mol. The number of rotatable bonds is 6. The number of hydrogen-bond donors (Lipinski definition) is 3. The molecule has 0 saturated heterocycles. The van der Waals surface area contributed by atoms with Crippen LogP contribution in [0.15, 0.2) is 23.1 Å². The average Bonchev–Trinajstić information content (AvgIpc) is 2.32. The maximum Gasteiger partial charge on any atom is 0.246 e. The standard InChI is InChI=1S/C10H15FN2O4S/c11-9-2-1-8(12)7-10(9)18(16,17)13(3-5-14)4-6-15/h1-2,7,14-15H,3-6,12H2. The van der Waals surface area contributed by atoms with Gasteiger partial charge in [0.15, 0.2) is 0 Å². The Hall–Kier alpha value is -1.22. The van der Waals surface area contributed by atoms with E-state index in [-0.39, 0.29) is 18.8 Å². The highest BCUT2D eigenvalue weighted by Crippen LogP contribution is 2.21. The molecule has 0 aliphatic carbocycles. The van der Waals surface area contributed by atoms with Gasteiger partial charge in [0.25, 0.3) is 0 Å². The van der Waals surface area contributed by atoms with Gasteiger partial charge in [-0.15, -0.1) is 0 Å². The van der Waals surface area contributed by atoms with E-state index in [0.717, 1.165) is 16.4 Å². The fourth-order valence-electron chi connectivity index (χ4n) is 1.43. The minimum atomic E-state index is -4.12. The van der Waals surface area contributed by atoms with Crippen molar-refractivity contribution in [3.8, 4) is 0 Å². The average molecular weight is 278 g/mol. The van der Waals surface area contributed by atoms with Gasteiger partial charge in [-0.3, -0.25) is 0 Å². The summed E-state index contributed by atoms with van der Waals surface area (Å²) < 4.78 is 38.5. The molecule has 0 spiro atoms. The van der Waals surface area contributed by atoms with E-state index in [9.17, 15) is 12.8 Å². The number of aliphatic hydroxyl groups excluding tert-OH is 2. The molecule has 0 aromatic heterocycles. The van der Waals surface area contributed by atoms with Crippen LogP contribution in [-0.4, -0.2) is 49.2 Å². The second kappa shape index (κ2) is 6.10. The normalized spacial score (nSPS) is 12.0. The molecule has 102 valence electrons. The summed E-state index contributed by atoms with van der Waals surface area (Å²) in [5.74, 6) is -0.926. The van der Waals surface area contributed by atoms with Crippen LogP contribution in [0.2, 0.25) is 0 Å². The number of aliphatic hydroxyl groups is 2. The van der Waals surface area contributed by atoms with Crippen molar-refractivity contribution in [3.05, 3.63) is 24.0 Å². The maximum absolute atomic E-state index is 13.5. The Labute approximate surface area is 105 Å². The summed E-state index contributed by atoms with van der Waals surface area (Å²) in [7, 11) is -4.12. The van der Waals surface area contributed by atoms with E-state index in [1.54, 1.807) is 0 Å². The van der Waals surface area contributed by atoms with Crippen LogP contribution in [0, 0.1) is 5.82 Å². The lowest BCUT2D eigenvalue weighted by Crippen LogP contribution is -2.36. The molecule has 0 amide bonds. The Balaban J connectivity index is 3.21. The molecule has 1 aromatic rings. The Morgan fingerprint density at radius 3 is 2.28 bits per heavy atom. The SMILES string of the molecule is Nc1ccc(F)c(S(=O)(=O)N(CCO)CCO)c1. The molecule has 0 atom stereocenters. The van der Waals surface area contributed by atoms with Crippen molar-refractivity contribution in [1.82, 2.24) is 4.31 Å². The number of hydrogen-bond acceptors (Lipinski definition) is 5. The van der Waals surface area contributed by atoms with Gasteiger partial charge >= 0.3 is 0 Å². The molecule has 18 heavy (non-hydrogen) atoms. The van der Waals surface area contributed by atoms with Crippen LogP contribution in [0.5, 0.6) is 0 Å². The van der Waals surface area contributed by atoms with E-state index in [1.807, 2.05) is 0 Å². The lowest BCUT2D eigenvalue weighted by molar-refractivity contribution is 0.217. The minimum absolute atomic E-state index is 0.114. The summed E-state index contributed by atoms with van der Waals surface area (Å²) >= 11 is 0. The molecule has 0 fully saturated rings. The van der Waals surface area contributed by atoms with Gasteiger partial charge in [0.2, 0.25) is 10.0 Å². The second-order valence-electron chi connectivity index (χ2n) is 3.54. The quantitative estimate of drug-likeness (QED) is 0.602. The second-order valence-corrected chi connectivity index (χ2v) is 5.45. The smallest absolute Gasteiger partial charge is 0.246 e. The molecule has 0 aliphatic heterocycles. The van der Waals surface area contributed by atoms with Crippen molar-refractivity contribution in [2.24, 2.45) is 0 Å². The van der Waals surface area contributed by atoms with Gasteiger partial charge in [-0.2, -0.15) is 4.31 Å². The molecule has 0 bridgehead atoms. The summed E-state index contributed by atoms with van der Waals surface area (Å²) in [6.45, 7) is -1.30. The molecule has 0 aliphatic rings. The zero-order valence-electron chi connectivity index (χ0n) is 9.58. The van der Waals surface area contributed by atoms with Crippen LogP contribution in [0.25, 0.3) is 0 Å². The van der Waals surface area contributed by atoms with Crippen molar-refractivity contribution in [2.75, 3.05) is 32.0 Å². The third-order valence-electron chi connectivity index (χ3n) is 2.27. The fourth-order valence-corrected chi connectivity index (χ4v) is 2.95. The number of benzene rings is 1. The van der Waals surface area contributed by atoms with Crippen LogP contribution < -0.4 is 5.73 Å². The predicted octanol–water partition coefficient (Wildman–Crippen LogP) is -0.617. The number of sulfonamides is 1. The van der Waals surface area contributed by atoms with Crippen LogP contribution in [-0.2, 0) is 10.0 Å². The number of nitrogens with two attached hydrogens (primary N) is 1. The van der Waals surface area contributed by atoms with Crippen molar-refractivity contribution < 1.29 is 23.0 Å². The Morgan fingerprint density at radius 1 is 1.22 bits per heavy atom. The van der Waals surface area contributed by atoms with Gasteiger partial charge in [0.1, 0.15) is 10.7 Å². The molecule has 4 N–H and O–H groups in total. The Morgan fingerprint density at radius 2 is 1.78 bits per heavy atom. The third kappa shape index (κ3) is 3.16. The topological polar surface area (TPSA) is 104 Å². The van der Waals surface area contributed by atoms with Crippen LogP contribution in [0.1, 0.15) is 0 Å². The Bertz CT molecular complexity index is 501. The van der Waals surface area contributed by atoms with Gasteiger partial charge in [0.05, 0.1) is 13.2 Å². The first-order chi connectivity index (χ1) is 8.43. The summed E-state index contributed by atoms with van der Waals surface area (Å²) in [6.07, 6.45) is 0. The lowest BCUT2D eigenvalue weighted by Gasteiger charge is -2.20. The molecule has 6 nitrogen and oxygen atoms in total. The first kappa shape index (κ1) is 14.8. The largest absolute Gasteiger partial charge is 0.399 e. The molecule has 1 aromatic carbocycles. The molecule has 8 heteroatoms. The number of anilines is 1. The molecule has 0 radical (unpaired) electrons. The van der Waals surface area contributed by atoms with E-state index in [2.05, 4.69) is 0 Å². The summed E-state index contributed by atoms with van der Waals surface area (Å²) in [6, 6.07) is 3.21. The first-order valence-corrected chi connectivity index (χ1v) is 6.64. The number of nitrogens with zero attached hydrogens (tertiary/aromatic N) is 1. The molecule has 0 saturated carbocycles. The highest BCUT2D eigenvalue weighted by Gasteiger charge is 2.26. The molecule has 0 unspecified atom stereocenters. The van der Waals surface area contributed by atoms with E-state index in [1.165, 1.54) is 6.07 Å². The summed E-state index contributed by atoms with van der Waals surface area (Å²) in [5, 5.41) is 17.6.